The number of aliphatic carboxylic acids is 1. The van der Waals surface area contributed by atoms with Crippen LogP contribution in [0.5, 0.6) is 0 Å². The Kier molecular flexibility index (Phi) is 5.40. The number of aromatic nitrogens is 2. The summed E-state index contributed by atoms with van der Waals surface area (Å²) in [5, 5.41) is 8.87. The maximum absolute atomic E-state index is 11.8. The Morgan fingerprint density at radius 3 is 2.67 bits per heavy atom. The van der Waals surface area contributed by atoms with Gasteiger partial charge in [-0.1, -0.05) is 0 Å². The van der Waals surface area contributed by atoms with Gasteiger partial charge in [0.25, 0.3) is 0 Å². The van der Waals surface area contributed by atoms with Gasteiger partial charge in [-0.05, 0) is 32.3 Å². The lowest BCUT2D eigenvalue weighted by Crippen LogP contribution is -2.28. The molecule has 0 aliphatic carbocycles. The molecular weight excluding hydrogens is 252 g/mol. The molecule has 0 aromatic carbocycles. The highest BCUT2D eigenvalue weighted by Gasteiger charge is 2.13. The zero-order valence-corrected chi connectivity index (χ0v) is 11.7. The van der Waals surface area contributed by atoms with Crippen molar-refractivity contribution in [3.05, 3.63) is 27.4 Å². The number of nitrogens with zero attached hydrogens (tertiary/aromatic N) is 2. The number of rotatable bonds is 6. The first-order valence-electron chi connectivity index (χ1n) is 5.75. The van der Waals surface area contributed by atoms with E-state index in [1.165, 1.54) is 0 Å². The third kappa shape index (κ3) is 3.60. The van der Waals surface area contributed by atoms with E-state index in [4.69, 9.17) is 5.11 Å². The number of carbonyl (C=O) groups is 1. The van der Waals surface area contributed by atoms with Gasteiger partial charge in [0.2, 0.25) is 0 Å². The van der Waals surface area contributed by atoms with E-state index in [1.54, 1.807) is 30.2 Å². The Hall–Kier alpha value is -1.30. The number of aryl methyl sites for hydroxylation is 1. The second-order valence-corrected chi connectivity index (χ2v) is 5.10. The van der Waals surface area contributed by atoms with Gasteiger partial charge in [-0.15, -0.1) is 0 Å². The highest BCUT2D eigenvalue weighted by atomic mass is 32.2. The van der Waals surface area contributed by atoms with Crippen LogP contribution in [-0.2, 0) is 17.8 Å². The molecule has 0 amide bonds. The molecule has 0 saturated heterocycles. The molecule has 0 saturated carbocycles. The normalized spacial score (nSPS) is 10.6. The first kappa shape index (κ1) is 14.8. The van der Waals surface area contributed by atoms with Crippen LogP contribution in [0.3, 0.4) is 0 Å². The molecule has 5 nitrogen and oxygen atoms in total. The monoisotopic (exact) mass is 270 g/mol. The second kappa shape index (κ2) is 6.58. The largest absolute Gasteiger partial charge is 0.481 e. The van der Waals surface area contributed by atoms with Crippen LogP contribution in [0.15, 0.2) is 4.79 Å². The molecule has 0 aliphatic heterocycles. The van der Waals surface area contributed by atoms with Gasteiger partial charge in [-0.2, -0.15) is 16.7 Å². The predicted molar refractivity (Wildman–Crippen MR) is 72.3 cm³/mol. The Labute approximate surface area is 110 Å². The van der Waals surface area contributed by atoms with Crippen molar-refractivity contribution < 1.29 is 9.90 Å². The molecule has 1 aromatic rings. The Morgan fingerprint density at radius 1 is 1.44 bits per heavy atom. The summed E-state index contributed by atoms with van der Waals surface area (Å²) in [6.45, 7) is 4.05. The quantitative estimate of drug-likeness (QED) is 0.787. The van der Waals surface area contributed by atoms with Crippen LogP contribution in [0.2, 0.25) is 0 Å². The van der Waals surface area contributed by atoms with Crippen molar-refractivity contribution in [3.63, 3.8) is 0 Å². The summed E-state index contributed by atoms with van der Waals surface area (Å²) in [6, 6.07) is 0. The van der Waals surface area contributed by atoms with Crippen molar-refractivity contribution in [2.45, 2.75) is 33.2 Å². The molecule has 0 unspecified atom stereocenters. The van der Waals surface area contributed by atoms with E-state index in [0.717, 1.165) is 17.9 Å². The van der Waals surface area contributed by atoms with Crippen LogP contribution in [-0.4, -0.2) is 32.6 Å². The minimum atomic E-state index is -0.905. The number of carboxylic acid groups (broad SMARTS) is 1. The first-order valence-corrected chi connectivity index (χ1v) is 7.14. The van der Waals surface area contributed by atoms with Gasteiger partial charge < -0.3 is 5.11 Å². The zero-order chi connectivity index (χ0) is 13.7. The van der Waals surface area contributed by atoms with Crippen molar-refractivity contribution in [2.75, 3.05) is 12.0 Å². The van der Waals surface area contributed by atoms with Crippen LogP contribution in [0.25, 0.3) is 0 Å². The SMILES string of the molecule is CSCCCn1c(C)c(CC(=O)O)c(C)nc1=O. The molecule has 0 aliphatic rings. The Bertz CT molecular complexity index is 497. The molecule has 1 rings (SSSR count). The average molecular weight is 270 g/mol. The van der Waals surface area contributed by atoms with Crippen LogP contribution in [0.4, 0.5) is 0 Å². The Morgan fingerprint density at radius 2 is 2.11 bits per heavy atom. The fraction of sp³-hybridized carbons (Fsp3) is 0.583. The number of carboxylic acids is 1. The summed E-state index contributed by atoms with van der Waals surface area (Å²) in [4.78, 5) is 26.5. The molecule has 0 atom stereocenters. The lowest BCUT2D eigenvalue weighted by Gasteiger charge is -2.14. The summed E-state index contributed by atoms with van der Waals surface area (Å²) in [7, 11) is 0. The molecule has 1 heterocycles. The van der Waals surface area contributed by atoms with Gasteiger partial charge in [-0.3, -0.25) is 9.36 Å². The first-order chi connectivity index (χ1) is 8.47. The molecule has 0 fully saturated rings. The van der Waals surface area contributed by atoms with Crippen LogP contribution < -0.4 is 5.69 Å². The molecule has 1 N–H and O–H groups in total. The van der Waals surface area contributed by atoms with E-state index in [-0.39, 0.29) is 12.1 Å². The fourth-order valence-corrected chi connectivity index (χ4v) is 2.29. The molecule has 1 aromatic heterocycles. The van der Waals surface area contributed by atoms with Crippen molar-refractivity contribution >= 4 is 17.7 Å². The third-order valence-corrected chi connectivity index (χ3v) is 3.53. The summed E-state index contributed by atoms with van der Waals surface area (Å²) in [6.07, 6.45) is 2.80. The smallest absolute Gasteiger partial charge is 0.347 e. The molecule has 100 valence electrons. The van der Waals surface area contributed by atoms with Gasteiger partial charge in [0.1, 0.15) is 0 Å². The van der Waals surface area contributed by atoms with E-state index in [1.807, 2.05) is 6.26 Å². The highest BCUT2D eigenvalue weighted by Crippen LogP contribution is 2.11. The van der Waals surface area contributed by atoms with Crippen molar-refractivity contribution in [1.29, 1.82) is 0 Å². The van der Waals surface area contributed by atoms with Gasteiger partial charge in [0.05, 0.1) is 6.42 Å². The van der Waals surface area contributed by atoms with E-state index in [9.17, 15) is 9.59 Å². The summed E-state index contributed by atoms with van der Waals surface area (Å²) in [5.41, 5.74) is 1.59. The van der Waals surface area contributed by atoms with E-state index >= 15 is 0 Å². The van der Waals surface area contributed by atoms with Crippen molar-refractivity contribution in [2.24, 2.45) is 0 Å². The van der Waals surface area contributed by atoms with Crippen LogP contribution in [0.1, 0.15) is 23.4 Å². The average Bonchev–Trinajstić information content (AvgIpc) is 2.28. The van der Waals surface area contributed by atoms with Crippen LogP contribution in [0, 0.1) is 13.8 Å². The molecule has 0 spiro atoms. The standard InChI is InChI=1S/C12H18N2O3S/c1-8-10(7-11(15)16)9(2)14(12(17)13-8)5-4-6-18-3/h4-7H2,1-3H3,(H,15,16). The lowest BCUT2D eigenvalue weighted by atomic mass is 10.1. The Balaban J connectivity index is 3.10. The number of thioether (sulfide) groups is 1. The van der Waals surface area contributed by atoms with Gasteiger partial charge in [0, 0.05) is 23.5 Å². The van der Waals surface area contributed by atoms with Crippen molar-refractivity contribution in [3.8, 4) is 0 Å². The minimum Gasteiger partial charge on any atom is -0.481 e. The maximum Gasteiger partial charge on any atom is 0.347 e. The molecule has 6 heteroatoms. The van der Waals surface area contributed by atoms with Crippen molar-refractivity contribution in [1.82, 2.24) is 9.55 Å². The second-order valence-electron chi connectivity index (χ2n) is 4.11. The van der Waals surface area contributed by atoms with Gasteiger partial charge in [0.15, 0.2) is 0 Å². The summed E-state index contributed by atoms with van der Waals surface area (Å²) in [5.74, 6) is 0.0610. The third-order valence-electron chi connectivity index (χ3n) is 2.83. The maximum atomic E-state index is 11.8. The summed E-state index contributed by atoms with van der Waals surface area (Å²) >= 11 is 1.72. The van der Waals surface area contributed by atoms with E-state index < -0.39 is 5.97 Å². The molecule has 0 radical (unpaired) electrons. The van der Waals surface area contributed by atoms with Crippen LogP contribution >= 0.6 is 11.8 Å². The van der Waals surface area contributed by atoms with E-state index in [0.29, 0.717) is 17.8 Å². The summed E-state index contributed by atoms with van der Waals surface area (Å²) < 4.78 is 1.57. The van der Waals surface area contributed by atoms with Gasteiger partial charge in [-0.25, -0.2) is 4.79 Å². The minimum absolute atomic E-state index is 0.0898. The fourth-order valence-electron chi connectivity index (χ4n) is 1.88. The molecule has 0 bridgehead atoms. The predicted octanol–water partition coefficient (Wildman–Crippen LogP) is 1.24. The van der Waals surface area contributed by atoms with E-state index in [2.05, 4.69) is 4.98 Å². The topological polar surface area (TPSA) is 72.2 Å². The zero-order valence-electron chi connectivity index (χ0n) is 10.9. The number of hydrogen-bond donors (Lipinski definition) is 1. The highest BCUT2D eigenvalue weighted by molar-refractivity contribution is 7.98. The van der Waals surface area contributed by atoms with Gasteiger partial charge >= 0.3 is 11.7 Å². The lowest BCUT2D eigenvalue weighted by molar-refractivity contribution is -0.136. The molecular formula is C12H18N2O3S. The molecule has 18 heavy (non-hydrogen) atoms. The number of hydrogen-bond acceptors (Lipinski definition) is 4.